The van der Waals surface area contributed by atoms with E-state index in [0.29, 0.717) is 17.6 Å². The Morgan fingerprint density at radius 3 is 2.75 bits per heavy atom. The van der Waals surface area contributed by atoms with Crippen molar-refractivity contribution < 1.29 is 13.9 Å². The summed E-state index contributed by atoms with van der Waals surface area (Å²) >= 11 is 3.30. The van der Waals surface area contributed by atoms with E-state index in [9.17, 15) is 9.18 Å². The van der Waals surface area contributed by atoms with Crippen molar-refractivity contribution >= 4 is 21.8 Å². The molecule has 5 heteroatoms. The first-order valence-corrected chi connectivity index (χ1v) is 8.88. The summed E-state index contributed by atoms with van der Waals surface area (Å²) in [5, 5.41) is 0. The van der Waals surface area contributed by atoms with Crippen LogP contribution in [0, 0.1) is 5.82 Å². The third-order valence-corrected chi connectivity index (χ3v) is 4.74. The Labute approximate surface area is 149 Å². The second-order valence-electron chi connectivity index (χ2n) is 5.78. The Morgan fingerprint density at radius 1 is 1.29 bits per heavy atom. The highest BCUT2D eigenvalue weighted by molar-refractivity contribution is 9.10. The van der Waals surface area contributed by atoms with E-state index < -0.39 is 5.82 Å². The number of benzene rings is 2. The highest BCUT2D eigenvalue weighted by Crippen LogP contribution is 2.34. The van der Waals surface area contributed by atoms with Crippen molar-refractivity contribution in [2.24, 2.45) is 0 Å². The SMILES string of the molecule is CCOc1ccc(C2CCCN2C(=O)c2cc(Br)ccc2F)cc1. The molecule has 0 aliphatic carbocycles. The number of nitrogens with zero attached hydrogens (tertiary/aromatic N) is 1. The lowest BCUT2D eigenvalue weighted by molar-refractivity contribution is 0.0731. The van der Waals surface area contributed by atoms with Gasteiger partial charge in [-0.2, -0.15) is 0 Å². The molecule has 1 heterocycles. The first-order valence-electron chi connectivity index (χ1n) is 8.09. The normalized spacial score (nSPS) is 17.1. The van der Waals surface area contributed by atoms with Crippen molar-refractivity contribution in [2.45, 2.75) is 25.8 Å². The second kappa shape index (κ2) is 7.34. The molecule has 1 fully saturated rings. The molecule has 2 aromatic rings. The first-order chi connectivity index (χ1) is 11.6. The van der Waals surface area contributed by atoms with Crippen molar-refractivity contribution in [2.75, 3.05) is 13.2 Å². The lowest BCUT2D eigenvalue weighted by Gasteiger charge is -2.25. The van der Waals surface area contributed by atoms with Crippen molar-refractivity contribution in [3.05, 3.63) is 63.9 Å². The highest BCUT2D eigenvalue weighted by atomic mass is 79.9. The maximum atomic E-state index is 14.1. The van der Waals surface area contributed by atoms with Gasteiger partial charge in [-0.3, -0.25) is 4.79 Å². The molecule has 1 amide bonds. The molecule has 2 aromatic carbocycles. The molecule has 24 heavy (non-hydrogen) atoms. The summed E-state index contributed by atoms with van der Waals surface area (Å²) in [6, 6.07) is 12.2. The molecule has 1 aliphatic heterocycles. The van der Waals surface area contributed by atoms with Crippen LogP contribution in [0.4, 0.5) is 4.39 Å². The summed E-state index contributed by atoms with van der Waals surface area (Å²) in [6.07, 6.45) is 1.80. The van der Waals surface area contributed by atoms with Gasteiger partial charge in [0.05, 0.1) is 18.2 Å². The van der Waals surface area contributed by atoms with Gasteiger partial charge in [-0.1, -0.05) is 28.1 Å². The lowest BCUT2D eigenvalue weighted by Crippen LogP contribution is -2.31. The quantitative estimate of drug-likeness (QED) is 0.736. The van der Waals surface area contributed by atoms with Gasteiger partial charge >= 0.3 is 0 Å². The van der Waals surface area contributed by atoms with Crippen LogP contribution in [0.5, 0.6) is 5.75 Å². The number of carbonyl (C=O) groups is 1. The van der Waals surface area contributed by atoms with Gasteiger partial charge in [-0.25, -0.2) is 4.39 Å². The Morgan fingerprint density at radius 2 is 2.04 bits per heavy atom. The summed E-state index contributed by atoms with van der Waals surface area (Å²) < 4.78 is 20.2. The average molecular weight is 392 g/mol. The van der Waals surface area contributed by atoms with Crippen molar-refractivity contribution in [1.82, 2.24) is 4.90 Å². The number of likely N-dealkylation sites (tertiary alicyclic amines) is 1. The number of halogens is 2. The van der Waals surface area contributed by atoms with Crippen molar-refractivity contribution in [3.63, 3.8) is 0 Å². The molecular formula is C19H19BrFNO2. The topological polar surface area (TPSA) is 29.5 Å². The predicted molar refractivity (Wildman–Crippen MR) is 94.7 cm³/mol. The van der Waals surface area contributed by atoms with Gasteiger partial charge in [0.1, 0.15) is 11.6 Å². The molecule has 3 rings (SSSR count). The highest BCUT2D eigenvalue weighted by Gasteiger charge is 2.31. The number of hydrogen-bond acceptors (Lipinski definition) is 2. The minimum Gasteiger partial charge on any atom is -0.494 e. The fourth-order valence-electron chi connectivity index (χ4n) is 3.13. The van der Waals surface area contributed by atoms with Gasteiger partial charge in [-0.15, -0.1) is 0 Å². The largest absolute Gasteiger partial charge is 0.494 e. The summed E-state index contributed by atoms with van der Waals surface area (Å²) in [4.78, 5) is 14.6. The van der Waals surface area contributed by atoms with Crippen LogP contribution in [0.3, 0.4) is 0 Å². The number of rotatable bonds is 4. The van der Waals surface area contributed by atoms with Crippen LogP contribution >= 0.6 is 15.9 Å². The third-order valence-electron chi connectivity index (χ3n) is 4.25. The molecule has 1 aliphatic rings. The zero-order valence-electron chi connectivity index (χ0n) is 13.5. The molecule has 0 radical (unpaired) electrons. The zero-order valence-corrected chi connectivity index (χ0v) is 15.1. The molecule has 1 saturated heterocycles. The Balaban J connectivity index is 1.84. The molecule has 1 atom stereocenters. The fraction of sp³-hybridized carbons (Fsp3) is 0.316. The molecule has 126 valence electrons. The first kappa shape index (κ1) is 17.0. The van der Waals surface area contributed by atoms with Gasteiger partial charge in [-0.05, 0) is 55.7 Å². The van der Waals surface area contributed by atoms with E-state index in [2.05, 4.69) is 15.9 Å². The smallest absolute Gasteiger partial charge is 0.257 e. The van der Waals surface area contributed by atoms with Crippen LogP contribution in [0.2, 0.25) is 0 Å². The van der Waals surface area contributed by atoms with Crippen LogP contribution < -0.4 is 4.74 Å². The minimum atomic E-state index is -0.486. The van der Waals surface area contributed by atoms with Crippen LogP contribution in [0.15, 0.2) is 46.9 Å². The van der Waals surface area contributed by atoms with Gasteiger partial charge in [0.2, 0.25) is 0 Å². The minimum absolute atomic E-state index is 0.0217. The second-order valence-corrected chi connectivity index (χ2v) is 6.70. The lowest BCUT2D eigenvalue weighted by atomic mass is 10.0. The summed E-state index contributed by atoms with van der Waals surface area (Å²) in [6.45, 7) is 3.20. The Hall–Kier alpha value is -1.88. The number of ether oxygens (including phenoxy) is 1. The van der Waals surface area contributed by atoms with Crippen molar-refractivity contribution in [3.8, 4) is 5.75 Å². The molecule has 0 spiro atoms. The molecular weight excluding hydrogens is 373 g/mol. The maximum absolute atomic E-state index is 14.1. The summed E-state index contributed by atoms with van der Waals surface area (Å²) in [7, 11) is 0. The molecule has 3 nitrogen and oxygen atoms in total. The zero-order chi connectivity index (χ0) is 17.1. The summed E-state index contributed by atoms with van der Waals surface area (Å²) in [5.74, 6) is 0.0703. The number of amides is 1. The molecule has 1 unspecified atom stereocenters. The van der Waals surface area contributed by atoms with Gasteiger partial charge in [0, 0.05) is 11.0 Å². The van der Waals surface area contributed by atoms with E-state index in [1.54, 1.807) is 17.0 Å². The summed E-state index contributed by atoms with van der Waals surface area (Å²) in [5.41, 5.74) is 1.17. The monoisotopic (exact) mass is 391 g/mol. The Kier molecular flexibility index (Phi) is 5.19. The fourth-order valence-corrected chi connectivity index (χ4v) is 3.49. The third kappa shape index (κ3) is 3.46. The van der Waals surface area contributed by atoms with Gasteiger partial charge in [0.15, 0.2) is 0 Å². The molecule has 0 saturated carbocycles. The van der Waals surface area contributed by atoms with Crippen molar-refractivity contribution in [1.29, 1.82) is 0 Å². The van der Waals surface area contributed by atoms with E-state index in [0.717, 1.165) is 24.2 Å². The molecule has 0 aromatic heterocycles. The van der Waals surface area contributed by atoms with Gasteiger partial charge in [0.25, 0.3) is 5.91 Å². The number of hydrogen-bond donors (Lipinski definition) is 0. The van der Waals surface area contributed by atoms with Crippen LogP contribution in [0.25, 0.3) is 0 Å². The maximum Gasteiger partial charge on any atom is 0.257 e. The van der Waals surface area contributed by atoms with E-state index in [1.165, 1.54) is 6.07 Å². The van der Waals surface area contributed by atoms with Gasteiger partial charge < -0.3 is 9.64 Å². The van der Waals surface area contributed by atoms with Crippen LogP contribution in [0.1, 0.15) is 41.7 Å². The molecule has 0 N–H and O–H groups in total. The molecule has 0 bridgehead atoms. The van der Waals surface area contributed by atoms with E-state index in [4.69, 9.17) is 4.74 Å². The van der Waals surface area contributed by atoms with E-state index >= 15 is 0 Å². The van der Waals surface area contributed by atoms with Crippen LogP contribution in [-0.4, -0.2) is 24.0 Å². The number of carbonyl (C=O) groups excluding carboxylic acids is 1. The standard InChI is InChI=1S/C19H19BrFNO2/c1-2-24-15-8-5-13(6-9-15)18-4-3-11-22(18)19(23)16-12-14(20)7-10-17(16)21/h5-10,12,18H,2-4,11H2,1H3. The van der Waals surface area contributed by atoms with E-state index in [1.807, 2.05) is 31.2 Å². The predicted octanol–water partition coefficient (Wildman–Crippen LogP) is 4.96. The average Bonchev–Trinajstić information content (AvgIpc) is 3.07. The van der Waals surface area contributed by atoms with Crippen LogP contribution in [-0.2, 0) is 0 Å². The van der Waals surface area contributed by atoms with E-state index in [-0.39, 0.29) is 17.5 Å². The Bertz CT molecular complexity index is 733.